The second kappa shape index (κ2) is 11.4. The fourth-order valence-electron chi connectivity index (χ4n) is 3.14. The van der Waals surface area contributed by atoms with Crippen molar-refractivity contribution in [2.24, 2.45) is 0 Å². The van der Waals surface area contributed by atoms with Crippen LogP contribution in [0.25, 0.3) is 23.0 Å². The van der Waals surface area contributed by atoms with Gasteiger partial charge in [0.15, 0.2) is 5.76 Å². The van der Waals surface area contributed by atoms with Crippen LogP contribution in [0, 0.1) is 0 Å². The van der Waals surface area contributed by atoms with Gasteiger partial charge in [-0.15, -0.1) is 11.8 Å². The molecule has 2 aromatic carbocycles. The highest BCUT2D eigenvalue weighted by Gasteiger charge is 2.15. The van der Waals surface area contributed by atoms with Crippen molar-refractivity contribution in [2.45, 2.75) is 19.2 Å². The van der Waals surface area contributed by atoms with Gasteiger partial charge in [0, 0.05) is 12.1 Å². The van der Waals surface area contributed by atoms with Gasteiger partial charge in [-0.3, -0.25) is 4.79 Å². The Bertz CT molecular complexity index is 1220. The van der Waals surface area contributed by atoms with Gasteiger partial charge < -0.3 is 23.7 Å². The maximum absolute atomic E-state index is 12.1. The highest BCUT2D eigenvalue weighted by Crippen LogP contribution is 2.27. The molecule has 4 aromatic rings. The van der Waals surface area contributed by atoms with Crippen molar-refractivity contribution in [2.75, 3.05) is 19.5 Å². The molecule has 9 heteroatoms. The van der Waals surface area contributed by atoms with Crippen LogP contribution in [0.5, 0.6) is 11.5 Å². The lowest BCUT2D eigenvalue weighted by Crippen LogP contribution is -2.24. The molecule has 0 saturated carbocycles. The average Bonchev–Trinajstić information content (AvgIpc) is 3.54. The van der Waals surface area contributed by atoms with Crippen LogP contribution in [0.3, 0.4) is 0 Å². The number of methoxy groups -OCH3 is 1. The van der Waals surface area contributed by atoms with Crippen LogP contribution in [0.2, 0.25) is 0 Å². The maximum Gasteiger partial charge on any atom is 0.293 e. The minimum Gasteiger partial charge on any atom is -0.497 e. The van der Waals surface area contributed by atoms with E-state index in [4.69, 9.17) is 18.4 Å². The number of rotatable bonds is 11. The smallest absolute Gasteiger partial charge is 0.293 e. The van der Waals surface area contributed by atoms with Crippen LogP contribution >= 0.6 is 11.8 Å². The van der Waals surface area contributed by atoms with Crippen molar-refractivity contribution in [3.63, 3.8) is 0 Å². The molecule has 34 heavy (non-hydrogen) atoms. The first kappa shape index (κ1) is 23.4. The molecule has 176 valence electrons. The van der Waals surface area contributed by atoms with Gasteiger partial charge in [-0.2, -0.15) is 4.98 Å². The number of carbonyl (C=O) groups excluding carboxylic acids is 1. The molecule has 1 N–H and O–H groups in total. The van der Waals surface area contributed by atoms with E-state index in [1.54, 1.807) is 13.2 Å². The summed E-state index contributed by atoms with van der Waals surface area (Å²) in [6.45, 7) is 2.99. The summed E-state index contributed by atoms with van der Waals surface area (Å²) in [5, 5.41) is 6.96. The van der Waals surface area contributed by atoms with Crippen molar-refractivity contribution >= 4 is 17.7 Å². The number of furan rings is 1. The lowest BCUT2D eigenvalue weighted by Gasteiger charge is -2.06. The summed E-state index contributed by atoms with van der Waals surface area (Å²) in [4.78, 5) is 16.6. The van der Waals surface area contributed by atoms with E-state index in [0.717, 1.165) is 28.4 Å². The van der Waals surface area contributed by atoms with E-state index in [9.17, 15) is 4.79 Å². The van der Waals surface area contributed by atoms with Gasteiger partial charge in [-0.1, -0.05) is 29.4 Å². The molecule has 0 saturated heterocycles. The van der Waals surface area contributed by atoms with Gasteiger partial charge in [0.2, 0.25) is 11.7 Å². The minimum absolute atomic E-state index is 0.0385. The Morgan fingerprint density at radius 3 is 2.74 bits per heavy atom. The predicted octanol–water partition coefficient (Wildman–Crippen LogP) is 4.95. The van der Waals surface area contributed by atoms with E-state index < -0.39 is 0 Å². The second-order valence-electron chi connectivity index (χ2n) is 7.27. The Kier molecular flexibility index (Phi) is 7.87. The van der Waals surface area contributed by atoms with Crippen LogP contribution in [0.1, 0.15) is 18.2 Å². The summed E-state index contributed by atoms with van der Waals surface area (Å²) < 4.78 is 21.9. The zero-order valence-corrected chi connectivity index (χ0v) is 19.8. The third-order valence-electron chi connectivity index (χ3n) is 4.83. The Balaban J connectivity index is 1.26. The molecule has 0 radical (unpaired) electrons. The first-order chi connectivity index (χ1) is 16.6. The van der Waals surface area contributed by atoms with Crippen molar-refractivity contribution < 1.29 is 23.2 Å². The van der Waals surface area contributed by atoms with Gasteiger partial charge in [0.25, 0.3) is 5.89 Å². The summed E-state index contributed by atoms with van der Waals surface area (Å²) in [7, 11) is 1.62. The van der Waals surface area contributed by atoms with Gasteiger partial charge >= 0.3 is 0 Å². The third kappa shape index (κ3) is 6.20. The lowest BCUT2D eigenvalue weighted by molar-refractivity contribution is -0.118. The molecule has 0 bridgehead atoms. The van der Waals surface area contributed by atoms with Crippen LogP contribution in [-0.4, -0.2) is 35.5 Å². The number of hydrogen-bond acceptors (Lipinski definition) is 8. The Hall–Kier alpha value is -3.72. The summed E-state index contributed by atoms with van der Waals surface area (Å²) >= 11 is 1.47. The number of ether oxygens (including phenoxy) is 2. The summed E-state index contributed by atoms with van der Waals surface area (Å²) in [6, 6.07) is 18.7. The van der Waals surface area contributed by atoms with Crippen LogP contribution < -0.4 is 14.8 Å². The highest BCUT2D eigenvalue weighted by atomic mass is 32.2. The van der Waals surface area contributed by atoms with Crippen molar-refractivity contribution in [3.8, 4) is 34.5 Å². The number of nitrogens with zero attached hydrogens (tertiary/aromatic N) is 2. The fourth-order valence-corrected chi connectivity index (χ4v) is 3.89. The molecule has 0 aliphatic rings. The van der Waals surface area contributed by atoms with Gasteiger partial charge in [0.05, 0.1) is 25.2 Å². The fraction of sp³-hybridized carbons (Fsp3) is 0.240. The van der Waals surface area contributed by atoms with E-state index in [1.165, 1.54) is 11.8 Å². The first-order valence-corrected chi connectivity index (χ1v) is 11.9. The predicted molar refractivity (Wildman–Crippen MR) is 130 cm³/mol. The second-order valence-corrected chi connectivity index (χ2v) is 8.25. The van der Waals surface area contributed by atoms with E-state index in [0.29, 0.717) is 42.1 Å². The maximum atomic E-state index is 12.1. The molecule has 0 aliphatic carbocycles. The molecule has 0 spiro atoms. The zero-order chi connectivity index (χ0) is 23.8. The molecule has 1 amide bonds. The van der Waals surface area contributed by atoms with Gasteiger partial charge in [-0.05, 0) is 48.9 Å². The Labute approximate surface area is 201 Å². The van der Waals surface area contributed by atoms with E-state index >= 15 is 0 Å². The van der Waals surface area contributed by atoms with E-state index in [1.807, 2.05) is 61.5 Å². The summed E-state index contributed by atoms with van der Waals surface area (Å²) in [5.74, 6) is 4.33. The van der Waals surface area contributed by atoms with Gasteiger partial charge in [-0.25, -0.2) is 0 Å². The number of benzene rings is 2. The highest BCUT2D eigenvalue weighted by molar-refractivity contribution is 7.99. The molecule has 2 aromatic heterocycles. The van der Waals surface area contributed by atoms with Crippen LogP contribution in [0.15, 0.2) is 69.6 Å². The Morgan fingerprint density at radius 2 is 1.94 bits per heavy atom. The van der Waals surface area contributed by atoms with Crippen LogP contribution in [0.4, 0.5) is 0 Å². The number of hydrogen-bond donors (Lipinski definition) is 1. The molecule has 4 rings (SSSR count). The largest absolute Gasteiger partial charge is 0.497 e. The lowest BCUT2D eigenvalue weighted by atomic mass is 10.2. The standard InChI is InChI=1S/C25H25N3O5S/c1-3-31-20-6-4-5-18(13-20)24-27-25(33-28-24)22-12-11-21(32-22)15-34-16-23(29)26-14-17-7-9-19(30-2)10-8-17/h4-13H,3,14-16H2,1-2H3,(H,26,29). The number of aromatic nitrogens is 2. The van der Waals surface area contributed by atoms with Gasteiger partial charge in [0.1, 0.15) is 17.3 Å². The molecule has 8 nitrogen and oxygen atoms in total. The number of amides is 1. The summed E-state index contributed by atoms with van der Waals surface area (Å²) in [5.41, 5.74) is 1.81. The quantitative estimate of drug-likeness (QED) is 0.322. The third-order valence-corrected chi connectivity index (χ3v) is 5.78. The van der Waals surface area contributed by atoms with Crippen LogP contribution in [-0.2, 0) is 17.1 Å². The molecular weight excluding hydrogens is 454 g/mol. The molecule has 0 atom stereocenters. The molecular formula is C25H25N3O5S. The summed E-state index contributed by atoms with van der Waals surface area (Å²) in [6.07, 6.45) is 0. The normalized spacial score (nSPS) is 10.8. The zero-order valence-electron chi connectivity index (χ0n) is 18.9. The first-order valence-electron chi connectivity index (χ1n) is 10.8. The SMILES string of the molecule is CCOc1cccc(-c2noc(-c3ccc(CSCC(=O)NCc4ccc(OC)cc4)o3)n2)c1. The number of carbonyl (C=O) groups is 1. The van der Waals surface area contributed by atoms with E-state index in [-0.39, 0.29) is 5.91 Å². The minimum atomic E-state index is -0.0385. The molecule has 0 unspecified atom stereocenters. The van der Waals surface area contributed by atoms with Crippen molar-refractivity contribution in [1.82, 2.24) is 15.5 Å². The monoisotopic (exact) mass is 479 g/mol. The Morgan fingerprint density at radius 1 is 1.09 bits per heavy atom. The molecule has 0 aliphatic heterocycles. The number of thioether (sulfide) groups is 1. The topological polar surface area (TPSA) is 99.6 Å². The average molecular weight is 480 g/mol. The van der Waals surface area contributed by atoms with E-state index in [2.05, 4.69) is 15.5 Å². The van der Waals surface area contributed by atoms with Crippen molar-refractivity contribution in [1.29, 1.82) is 0 Å². The molecule has 2 heterocycles. The number of nitrogens with one attached hydrogen (secondary N) is 1. The van der Waals surface area contributed by atoms with Crippen molar-refractivity contribution in [3.05, 3.63) is 72.0 Å². The molecule has 0 fully saturated rings.